The Morgan fingerprint density at radius 1 is 1.35 bits per heavy atom. The number of nitrogens with one attached hydrogen (secondary N) is 2. The molecule has 0 amide bonds. The molecular weight excluding hydrogens is 214 g/mol. The van der Waals surface area contributed by atoms with E-state index in [1.165, 1.54) is 11.3 Å². The molecule has 2 heterocycles. The Bertz CT molecular complexity index is 459. The quantitative estimate of drug-likeness (QED) is 0.753. The number of H-pyrrole nitrogens is 1. The molecule has 0 aliphatic heterocycles. The summed E-state index contributed by atoms with van der Waals surface area (Å²) in [5.74, 6) is 1.97. The predicted octanol–water partition coefficient (Wildman–Crippen LogP) is 2.34. The van der Waals surface area contributed by atoms with Crippen molar-refractivity contribution in [3.05, 3.63) is 41.1 Å². The summed E-state index contributed by atoms with van der Waals surface area (Å²) in [7, 11) is 0. The van der Waals surface area contributed by atoms with Crippen LogP contribution in [-0.2, 0) is 13.0 Å². The van der Waals surface area contributed by atoms with Crippen LogP contribution in [0.15, 0.2) is 22.7 Å². The Morgan fingerprint density at radius 3 is 2.88 bits per heavy atom. The van der Waals surface area contributed by atoms with E-state index in [1.54, 1.807) is 0 Å². The standard InChI is InChI=1S/C13H19N3O/c1-10-5-6-13(17-10)9-14-7-3-4-12-8-15-16-11(12)2/h5-6,8,14H,3-4,7,9H2,1-2H3,(H,15,16). The van der Waals surface area contributed by atoms with Gasteiger partial charge in [0.05, 0.1) is 12.7 Å². The molecule has 0 saturated heterocycles. The molecule has 0 aliphatic carbocycles. The molecule has 0 radical (unpaired) electrons. The highest BCUT2D eigenvalue weighted by Crippen LogP contribution is 2.07. The summed E-state index contributed by atoms with van der Waals surface area (Å²) in [6.45, 7) is 5.81. The smallest absolute Gasteiger partial charge is 0.117 e. The van der Waals surface area contributed by atoms with E-state index >= 15 is 0 Å². The topological polar surface area (TPSA) is 53.9 Å². The number of aryl methyl sites for hydroxylation is 3. The Morgan fingerprint density at radius 2 is 2.24 bits per heavy atom. The van der Waals surface area contributed by atoms with Gasteiger partial charge >= 0.3 is 0 Å². The molecule has 2 rings (SSSR count). The summed E-state index contributed by atoms with van der Waals surface area (Å²) in [6, 6.07) is 4.01. The van der Waals surface area contributed by atoms with Gasteiger partial charge in [-0.15, -0.1) is 0 Å². The highest BCUT2D eigenvalue weighted by atomic mass is 16.3. The van der Waals surface area contributed by atoms with E-state index in [9.17, 15) is 0 Å². The molecule has 0 aromatic carbocycles. The maximum absolute atomic E-state index is 5.48. The molecule has 4 nitrogen and oxygen atoms in total. The molecule has 0 fully saturated rings. The molecule has 2 aromatic heterocycles. The zero-order valence-electron chi connectivity index (χ0n) is 10.4. The van der Waals surface area contributed by atoms with E-state index in [0.717, 1.165) is 37.5 Å². The summed E-state index contributed by atoms with van der Waals surface area (Å²) in [5.41, 5.74) is 2.48. The van der Waals surface area contributed by atoms with E-state index in [1.807, 2.05) is 25.3 Å². The highest BCUT2D eigenvalue weighted by molar-refractivity contribution is 5.14. The number of nitrogens with zero attached hydrogens (tertiary/aromatic N) is 1. The lowest BCUT2D eigenvalue weighted by Crippen LogP contribution is -2.14. The zero-order valence-corrected chi connectivity index (χ0v) is 10.4. The number of hydrogen-bond acceptors (Lipinski definition) is 3. The van der Waals surface area contributed by atoms with Crippen LogP contribution in [0.5, 0.6) is 0 Å². The van der Waals surface area contributed by atoms with Crippen LogP contribution in [0, 0.1) is 13.8 Å². The van der Waals surface area contributed by atoms with E-state index < -0.39 is 0 Å². The Labute approximate surface area is 101 Å². The van der Waals surface area contributed by atoms with Crippen LogP contribution in [-0.4, -0.2) is 16.7 Å². The summed E-state index contributed by atoms with van der Waals surface area (Å²) in [4.78, 5) is 0. The van der Waals surface area contributed by atoms with Gasteiger partial charge in [-0.05, 0) is 50.9 Å². The predicted molar refractivity (Wildman–Crippen MR) is 66.8 cm³/mol. The molecule has 0 aliphatic rings. The largest absolute Gasteiger partial charge is 0.465 e. The molecule has 4 heteroatoms. The van der Waals surface area contributed by atoms with Gasteiger partial charge in [-0.2, -0.15) is 5.10 Å². The van der Waals surface area contributed by atoms with Crippen molar-refractivity contribution in [2.24, 2.45) is 0 Å². The maximum Gasteiger partial charge on any atom is 0.117 e. The van der Waals surface area contributed by atoms with Gasteiger partial charge in [0, 0.05) is 5.69 Å². The van der Waals surface area contributed by atoms with Gasteiger partial charge in [-0.1, -0.05) is 0 Å². The van der Waals surface area contributed by atoms with Crippen LogP contribution in [0.2, 0.25) is 0 Å². The van der Waals surface area contributed by atoms with E-state index in [4.69, 9.17) is 4.42 Å². The average Bonchev–Trinajstić information content (AvgIpc) is 2.88. The van der Waals surface area contributed by atoms with Crippen molar-refractivity contribution in [1.82, 2.24) is 15.5 Å². The van der Waals surface area contributed by atoms with Crippen molar-refractivity contribution in [1.29, 1.82) is 0 Å². The monoisotopic (exact) mass is 233 g/mol. The van der Waals surface area contributed by atoms with Gasteiger partial charge in [0.25, 0.3) is 0 Å². The van der Waals surface area contributed by atoms with Crippen molar-refractivity contribution in [3.8, 4) is 0 Å². The average molecular weight is 233 g/mol. The normalized spacial score (nSPS) is 10.9. The third-order valence-electron chi connectivity index (χ3n) is 2.83. The first-order chi connectivity index (χ1) is 8.25. The molecule has 0 saturated carbocycles. The van der Waals surface area contributed by atoms with Crippen molar-refractivity contribution in [3.63, 3.8) is 0 Å². The first-order valence-corrected chi connectivity index (χ1v) is 6.00. The zero-order chi connectivity index (χ0) is 12.1. The van der Waals surface area contributed by atoms with Gasteiger partial charge < -0.3 is 9.73 Å². The van der Waals surface area contributed by atoms with Gasteiger partial charge in [-0.3, -0.25) is 5.10 Å². The third-order valence-corrected chi connectivity index (χ3v) is 2.83. The molecular formula is C13H19N3O. The lowest BCUT2D eigenvalue weighted by atomic mass is 10.1. The molecule has 0 bridgehead atoms. The van der Waals surface area contributed by atoms with Crippen LogP contribution in [0.25, 0.3) is 0 Å². The minimum Gasteiger partial charge on any atom is -0.465 e. The van der Waals surface area contributed by atoms with Crippen molar-refractivity contribution < 1.29 is 4.42 Å². The summed E-state index contributed by atoms with van der Waals surface area (Å²) >= 11 is 0. The summed E-state index contributed by atoms with van der Waals surface area (Å²) < 4.78 is 5.48. The van der Waals surface area contributed by atoms with Gasteiger partial charge in [-0.25, -0.2) is 0 Å². The Balaban J connectivity index is 1.62. The van der Waals surface area contributed by atoms with Crippen molar-refractivity contribution in [2.75, 3.05) is 6.54 Å². The molecule has 0 unspecified atom stereocenters. The molecule has 2 aromatic rings. The summed E-state index contributed by atoms with van der Waals surface area (Å²) in [6.07, 6.45) is 4.08. The van der Waals surface area contributed by atoms with Crippen LogP contribution in [0.3, 0.4) is 0 Å². The fourth-order valence-electron chi connectivity index (χ4n) is 1.82. The Kier molecular flexibility index (Phi) is 3.98. The maximum atomic E-state index is 5.48. The molecule has 2 N–H and O–H groups in total. The van der Waals surface area contributed by atoms with Crippen molar-refractivity contribution >= 4 is 0 Å². The second-order valence-electron chi connectivity index (χ2n) is 4.31. The number of hydrogen-bond donors (Lipinski definition) is 2. The van der Waals surface area contributed by atoms with Crippen molar-refractivity contribution in [2.45, 2.75) is 33.2 Å². The first-order valence-electron chi connectivity index (χ1n) is 6.00. The van der Waals surface area contributed by atoms with Crippen LogP contribution in [0.1, 0.15) is 29.2 Å². The number of aromatic nitrogens is 2. The van der Waals surface area contributed by atoms with E-state index in [0.29, 0.717) is 0 Å². The minimum atomic E-state index is 0.804. The second-order valence-corrected chi connectivity index (χ2v) is 4.31. The van der Waals surface area contributed by atoms with Gasteiger partial charge in [0.2, 0.25) is 0 Å². The van der Waals surface area contributed by atoms with Gasteiger partial charge in [0.15, 0.2) is 0 Å². The minimum absolute atomic E-state index is 0.804. The van der Waals surface area contributed by atoms with E-state index in [-0.39, 0.29) is 0 Å². The first kappa shape index (κ1) is 11.9. The number of rotatable bonds is 6. The summed E-state index contributed by atoms with van der Waals surface area (Å²) in [5, 5.41) is 10.3. The number of furan rings is 1. The SMILES string of the molecule is Cc1ccc(CNCCCc2cn[nH]c2C)o1. The van der Waals surface area contributed by atoms with Gasteiger partial charge in [0.1, 0.15) is 11.5 Å². The molecule has 0 atom stereocenters. The number of aromatic amines is 1. The van der Waals surface area contributed by atoms with Crippen LogP contribution >= 0.6 is 0 Å². The van der Waals surface area contributed by atoms with E-state index in [2.05, 4.69) is 22.4 Å². The molecule has 0 spiro atoms. The highest BCUT2D eigenvalue weighted by Gasteiger charge is 2.00. The second kappa shape index (κ2) is 5.68. The lowest BCUT2D eigenvalue weighted by Gasteiger charge is -2.02. The lowest BCUT2D eigenvalue weighted by molar-refractivity contribution is 0.460. The molecule has 17 heavy (non-hydrogen) atoms. The van der Waals surface area contributed by atoms with Crippen LogP contribution in [0.4, 0.5) is 0 Å². The fourth-order valence-corrected chi connectivity index (χ4v) is 1.82. The molecule has 92 valence electrons. The fraction of sp³-hybridized carbons (Fsp3) is 0.462. The Hall–Kier alpha value is -1.55. The van der Waals surface area contributed by atoms with Crippen LogP contribution < -0.4 is 5.32 Å². The third kappa shape index (κ3) is 3.46.